The fourth-order valence-corrected chi connectivity index (χ4v) is 3.23. The van der Waals surface area contributed by atoms with E-state index in [4.69, 9.17) is 9.47 Å². The number of allylic oxidation sites excluding steroid dienone is 1. The van der Waals surface area contributed by atoms with E-state index in [0.29, 0.717) is 29.6 Å². The largest absolute Gasteiger partial charge is 0.493 e. The Labute approximate surface area is 165 Å². The van der Waals surface area contributed by atoms with Gasteiger partial charge in [-0.3, -0.25) is 0 Å². The van der Waals surface area contributed by atoms with Crippen molar-refractivity contribution < 1.29 is 14.3 Å². The number of benzene rings is 1. The number of tetrazole rings is 1. The molecule has 0 radical (unpaired) electrons. The second-order valence-electron chi connectivity index (χ2n) is 5.93. The molecule has 1 N–H and O–H groups in total. The quantitative estimate of drug-likeness (QED) is 0.529. The van der Waals surface area contributed by atoms with Crippen LogP contribution in [0.25, 0.3) is 0 Å². The van der Waals surface area contributed by atoms with E-state index in [9.17, 15) is 4.79 Å². The van der Waals surface area contributed by atoms with Crippen molar-refractivity contribution in [3.8, 4) is 5.75 Å². The van der Waals surface area contributed by atoms with Crippen LogP contribution in [-0.4, -0.2) is 39.4 Å². The maximum atomic E-state index is 12.8. The standard InChI is InChI=1S/C18H20BrN5O3/c1-4-8-26-14-7-6-12(19)10-13(14)16-15(17(25)27-9-5-2)11(3)20-18-21-22-23-24(16)18/h5-7,10,16H,2,4,8-9H2,1,3H3,(H,20,21,23). The van der Waals surface area contributed by atoms with Gasteiger partial charge in [0.25, 0.3) is 0 Å². The molecular formula is C18H20BrN5O3. The van der Waals surface area contributed by atoms with Gasteiger partial charge in [-0.25, -0.2) is 4.79 Å². The smallest absolute Gasteiger partial charge is 0.338 e. The zero-order chi connectivity index (χ0) is 19.4. The molecule has 0 bridgehead atoms. The van der Waals surface area contributed by atoms with E-state index < -0.39 is 12.0 Å². The van der Waals surface area contributed by atoms with Gasteiger partial charge in [0, 0.05) is 15.7 Å². The molecule has 8 nitrogen and oxygen atoms in total. The number of anilines is 1. The first-order valence-corrected chi connectivity index (χ1v) is 9.32. The molecule has 2 aromatic rings. The van der Waals surface area contributed by atoms with Crippen molar-refractivity contribution in [1.29, 1.82) is 0 Å². The number of ether oxygens (including phenoxy) is 2. The third-order valence-corrected chi connectivity index (χ3v) is 4.49. The van der Waals surface area contributed by atoms with Gasteiger partial charge in [-0.2, -0.15) is 4.68 Å². The number of hydrogen-bond donors (Lipinski definition) is 1. The summed E-state index contributed by atoms with van der Waals surface area (Å²) in [5, 5.41) is 14.9. The lowest BCUT2D eigenvalue weighted by atomic mass is 9.95. The Kier molecular flexibility index (Phi) is 5.90. The Morgan fingerprint density at radius 2 is 2.30 bits per heavy atom. The van der Waals surface area contributed by atoms with Crippen LogP contribution in [-0.2, 0) is 9.53 Å². The van der Waals surface area contributed by atoms with Gasteiger partial charge in [-0.05, 0) is 42.0 Å². The van der Waals surface area contributed by atoms with Crippen LogP contribution in [0.4, 0.5) is 5.95 Å². The summed E-state index contributed by atoms with van der Waals surface area (Å²) in [7, 11) is 0. The number of fused-ring (bicyclic) bond motifs is 1. The van der Waals surface area contributed by atoms with Gasteiger partial charge in [0.2, 0.25) is 5.95 Å². The highest BCUT2D eigenvalue weighted by Gasteiger charge is 2.36. The number of halogens is 1. The molecule has 1 aromatic carbocycles. The summed E-state index contributed by atoms with van der Waals surface area (Å²) in [6.45, 7) is 8.08. The number of carbonyl (C=O) groups excluding carboxylic acids is 1. The second-order valence-corrected chi connectivity index (χ2v) is 6.85. The first-order valence-electron chi connectivity index (χ1n) is 8.52. The van der Waals surface area contributed by atoms with Gasteiger partial charge in [0.15, 0.2) is 0 Å². The molecule has 1 unspecified atom stereocenters. The summed E-state index contributed by atoms with van der Waals surface area (Å²) in [5.41, 5.74) is 1.80. The molecule has 0 saturated carbocycles. The van der Waals surface area contributed by atoms with Crippen LogP contribution in [0, 0.1) is 0 Å². The van der Waals surface area contributed by atoms with Gasteiger partial charge in [0.1, 0.15) is 18.4 Å². The molecule has 27 heavy (non-hydrogen) atoms. The molecule has 2 heterocycles. The summed E-state index contributed by atoms with van der Waals surface area (Å²) in [6, 6.07) is 5.07. The second kappa shape index (κ2) is 8.34. The minimum Gasteiger partial charge on any atom is -0.493 e. The van der Waals surface area contributed by atoms with Crippen molar-refractivity contribution in [1.82, 2.24) is 20.2 Å². The monoisotopic (exact) mass is 433 g/mol. The number of aromatic nitrogens is 4. The van der Waals surface area contributed by atoms with Crippen molar-refractivity contribution in [3.05, 3.63) is 52.2 Å². The summed E-state index contributed by atoms with van der Waals surface area (Å²) in [5.74, 6) is 0.641. The fraction of sp³-hybridized carbons (Fsp3) is 0.333. The van der Waals surface area contributed by atoms with Crippen LogP contribution in [0.2, 0.25) is 0 Å². The van der Waals surface area contributed by atoms with Crippen LogP contribution in [0.3, 0.4) is 0 Å². The lowest BCUT2D eigenvalue weighted by molar-refractivity contribution is -0.138. The minimum atomic E-state index is -0.585. The van der Waals surface area contributed by atoms with Crippen molar-refractivity contribution in [2.75, 3.05) is 18.5 Å². The maximum absolute atomic E-state index is 12.8. The van der Waals surface area contributed by atoms with Gasteiger partial charge in [-0.1, -0.05) is 40.6 Å². The molecule has 1 aromatic heterocycles. The maximum Gasteiger partial charge on any atom is 0.338 e. The average Bonchev–Trinajstić information content (AvgIpc) is 3.11. The number of rotatable bonds is 7. The zero-order valence-electron chi connectivity index (χ0n) is 15.1. The van der Waals surface area contributed by atoms with Crippen LogP contribution in [0.15, 0.2) is 46.6 Å². The van der Waals surface area contributed by atoms with Crippen LogP contribution in [0.1, 0.15) is 31.9 Å². The first-order chi connectivity index (χ1) is 13.1. The van der Waals surface area contributed by atoms with Crippen molar-refractivity contribution in [2.24, 2.45) is 0 Å². The molecular weight excluding hydrogens is 414 g/mol. The molecule has 0 spiro atoms. The van der Waals surface area contributed by atoms with Crippen molar-refractivity contribution in [2.45, 2.75) is 26.3 Å². The highest BCUT2D eigenvalue weighted by Crippen LogP contribution is 2.40. The highest BCUT2D eigenvalue weighted by atomic mass is 79.9. The summed E-state index contributed by atoms with van der Waals surface area (Å²) in [6.07, 6.45) is 2.39. The topological polar surface area (TPSA) is 91.2 Å². The molecule has 1 aliphatic rings. The van der Waals surface area contributed by atoms with Crippen LogP contribution >= 0.6 is 15.9 Å². The SMILES string of the molecule is C=CCOC(=O)C1=C(C)Nc2nnnn2C1c1cc(Br)ccc1OCCC. The van der Waals surface area contributed by atoms with Crippen LogP contribution < -0.4 is 10.1 Å². The zero-order valence-corrected chi connectivity index (χ0v) is 16.7. The van der Waals surface area contributed by atoms with E-state index in [0.717, 1.165) is 16.5 Å². The Morgan fingerprint density at radius 1 is 1.48 bits per heavy atom. The highest BCUT2D eigenvalue weighted by molar-refractivity contribution is 9.10. The number of nitrogens with one attached hydrogen (secondary N) is 1. The third-order valence-electron chi connectivity index (χ3n) is 3.99. The summed E-state index contributed by atoms with van der Waals surface area (Å²) < 4.78 is 13.6. The Bertz CT molecular complexity index is 893. The Hall–Kier alpha value is -2.68. The third kappa shape index (κ3) is 3.87. The summed E-state index contributed by atoms with van der Waals surface area (Å²) >= 11 is 3.50. The molecule has 3 rings (SSSR count). The first kappa shape index (κ1) is 19.1. The lowest BCUT2D eigenvalue weighted by Gasteiger charge is -2.28. The normalized spacial score (nSPS) is 15.7. The molecule has 0 saturated heterocycles. The Balaban J connectivity index is 2.14. The molecule has 1 atom stereocenters. The predicted molar refractivity (Wildman–Crippen MR) is 103 cm³/mol. The summed E-state index contributed by atoms with van der Waals surface area (Å²) in [4.78, 5) is 12.8. The molecule has 0 amide bonds. The van der Waals surface area contributed by atoms with Gasteiger partial charge in [-0.15, -0.1) is 0 Å². The number of carbonyl (C=O) groups is 1. The van der Waals surface area contributed by atoms with Gasteiger partial charge in [0.05, 0.1) is 12.2 Å². The van der Waals surface area contributed by atoms with E-state index in [1.54, 1.807) is 11.6 Å². The molecule has 9 heteroatoms. The van der Waals surface area contributed by atoms with Crippen LogP contribution in [0.5, 0.6) is 5.75 Å². The molecule has 0 fully saturated rings. The van der Waals surface area contributed by atoms with Crippen molar-refractivity contribution >= 4 is 27.8 Å². The van der Waals surface area contributed by atoms with Crippen molar-refractivity contribution in [3.63, 3.8) is 0 Å². The molecule has 1 aliphatic heterocycles. The minimum absolute atomic E-state index is 0.114. The predicted octanol–water partition coefficient (Wildman–Crippen LogP) is 3.24. The van der Waals surface area contributed by atoms with E-state index in [-0.39, 0.29) is 6.61 Å². The average molecular weight is 434 g/mol. The fourth-order valence-electron chi connectivity index (χ4n) is 2.85. The van der Waals surface area contributed by atoms with E-state index >= 15 is 0 Å². The van der Waals surface area contributed by atoms with E-state index in [2.05, 4.69) is 43.4 Å². The van der Waals surface area contributed by atoms with Gasteiger partial charge >= 0.3 is 5.97 Å². The lowest BCUT2D eigenvalue weighted by Crippen LogP contribution is -2.30. The van der Waals surface area contributed by atoms with E-state index in [1.165, 1.54) is 6.08 Å². The Morgan fingerprint density at radius 3 is 3.04 bits per heavy atom. The number of hydrogen-bond acceptors (Lipinski definition) is 7. The molecule has 0 aliphatic carbocycles. The number of esters is 1. The molecule has 142 valence electrons. The number of nitrogens with zero attached hydrogens (tertiary/aromatic N) is 4. The van der Waals surface area contributed by atoms with Gasteiger partial charge < -0.3 is 14.8 Å². The van der Waals surface area contributed by atoms with E-state index in [1.807, 2.05) is 25.1 Å².